The number of benzene rings is 2. The molecule has 4 nitrogen and oxygen atoms in total. The average molecular weight is 357 g/mol. The molecule has 2 heterocycles. The van der Waals surface area contributed by atoms with Crippen molar-refractivity contribution in [1.82, 2.24) is 14.6 Å². The van der Waals surface area contributed by atoms with Crippen LogP contribution in [0, 0.1) is 0 Å². The van der Waals surface area contributed by atoms with Crippen LogP contribution in [0.4, 0.5) is 0 Å². The minimum atomic E-state index is -0.0532. The largest absolute Gasteiger partial charge is 0.293 e. The molecule has 4 aromatic rings. The van der Waals surface area contributed by atoms with E-state index in [1.165, 1.54) is 5.56 Å². The third-order valence-corrected chi connectivity index (χ3v) is 4.82. The van der Waals surface area contributed by atoms with Crippen LogP contribution < -0.4 is 5.56 Å². The zero-order valence-electron chi connectivity index (χ0n) is 15.5. The Bertz CT molecular complexity index is 1100. The molecule has 0 spiro atoms. The van der Waals surface area contributed by atoms with Crippen LogP contribution >= 0.6 is 0 Å². The molecule has 0 bridgehead atoms. The van der Waals surface area contributed by atoms with Crippen LogP contribution in [-0.2, 0) is 19.3 Å². The molecule has 0 aliphatic heterocycles. The topological polar surface area (TPSA) is 50.2 Å². The summed E-state index contributed by atoms with van der Waals surface area (Å²) in [5.74, 6) is 0. The highest BCUT2D eigenvalue weighted by Crippen LogP contribution is 2.27. The smallest absolute Gasteiger partial charge is 0.272 e. The number of aryl methyl sites for hydroxylation is 3. The van der Waals surface area contributed by atoms with Gasteiger partial charge < -0.3 is 0 Å². The predicted molar refractivity (Wildman–Crippen MR) is 109 cm³/mol. The van der Waals surface area contributed by atoms with E-state index in [1.807, 2.05) is 36.4 Å². The molecule has 4 heteroatoms. The van der Waals surface area contributed by atoms with Crippen molar-refractivity contribution >= 4 is 5.65 Å². The van der Waals surface area contributed by atoms with Crippen molar-refractivity contribution in [2.75, 3.05) is 0 Å². The molecule has 1 N–H and O–H groups in total. The van der Waals surface area contributed by atoms with Crippen LogP contribution in [-0.4, -0.2) is 14.6 Å². The number of H-pyrrole nitrogens is 1. The van der Waals surface area contributed by atoms with E-state index in [9.17, 15) is 4.79 Å². The molecule has 0 amide bonds. The van der Waals surface area contributed by atoms with Crippen LogP contribution in [0.25, 0.3) is 16.8 Å². The molecule has 27 heavy (non-hydrogen) atoms. The monoisotopic (exact) mass is 357 g/mol. The van der Waals surface area contributed by atoms with E-state index in [4.69, 9.17) is 4.98 Å². The van der Waals surface area contributed by atoms with Crippen LogP contribution in [0.1, 0.15) is 30.3 Å². The van der Waals surface area contributed by atoms with Gasteiger partial charge in [-0.15, -0.1) is 0 Å². The highest BCUT2D eigenvalue weighted by molar-refractivity contribution is 5.80. The average Bonchev–Trinajstić information content (AvgIpc) is 3.07. The second-order valence-corrected chi connectivity index (χ2v) is 6.81. The fraction of sp³-hybridized carbons (Fsp3) is 0.217. The number of fused-ring (bicyclic) bond motifs is 1. The number of nitrogens with zero attached hydrogens (tertiary/aromatic N) is 2. The third-order valence-electron chi connectivity index (χ3n) is 4.82. The second kappa shape index (κ2) is 7.62. The second-order valence-electron chi connectivity index (χ2n) is 6.81. The van der Waals surface area contributed by atoms with E-state index in [2.05, 4.69) is 36.3 Å². The minimum Gasteiger partial charge on any atom is -0.293 e. The normalized spacial score (nSPS) is 11.1. The molecule has 0 fully saturated rings. The van der Waals surface area contributed by atoms with E-state index >= 15 is 0 Å². The first-order valence-electron chi connectivity index (χ1n) is 9.49. The van der Waals surface area contributed by atoms with Crippen LogP contribution in [0.5, 0.6) is 0 Å². The van der Waals surface area contributed by atoms with Gasteiger partial charge in [0.2, 0.25) is 0 Å². The van der Waals surface area contributed by atoms with Crippen molar-refractivity contribution in [3.63, 3.8) is 0 Å². The van der Waals surface area contributed by atoms with Crippen molar-refractivity contribution in [3.8, 4) is 11.1 Å². The van der Waals surface area contributed by atoms with E-state index < -0.39 is 0 Å². The third kappa shape index (κ3) is 3.56. The number of rotatable bonds is 6. The van der Waals surface area contributed by atoms with Gasteiger partial charge in [-0.25, -0.2) is 9.50 Å². The maximum atomic E-state index is 12.7. The van der Waals surface area contributed by atoms with Crippen molar-refractivity contribution < 1.29 is 0 Å². The Labute approximate surface area is 158 Å². The summed E-state index contributed by atoms with van der Waals surface area (Å²) < 4.78 is 1.58. The van der Waals surface area contributed by atoms with Gasteiger partial charge in [0, 0.05) is 23.0 Å². The van der Waals surface area contributed by atoms with E-state index in [0.717, 1.165) is 53.8 Å². The number of aromatic nitrogens is 3. The summed E-state index contributed by atoms with van der Waals surface area (Å²) in [6, 6.07) is 22.1. The Balaban J connectivity index is 1.79. The number of hydrogen-bond donors (Lipinski definition) is 1. The van der Waals surface area contributed by atoms with Gasteiger partial charge in [-0.2, -0.15) is 0 Å². The molecule has 0 saturated carbocycles. The van der Waals surface area contributed by atoms with Crippen LogP contribution in [0.15, 0.2) is 71.5 Å². The maximum Gasteiger partial charge on any atom is 0.272 e. The Morgan fingerprint density at radius 2 is 1.63 bits per heavy atom. The molecule has 0 unspecified atom stereocenters. The molecule has 2 aromatic carbocycles. The van der Waals surface area contributed by atoms with Crippen molar-refractivity contribution in [3.05, 3.63) is 94.0 Å². The van der Waals surface area contributed by atoms with Gasteiger partial charge >= 0.3 is 0 Å². The Hall–Kier alpha value is -3.14. The molecule has 0 aliphatic rings. The number of aromatic amines is 1. The highest BCUT2D eigenvalue weighted by Gasteiger charge is 2.16. The number of hydrogen-bond acceptors (Lipinski definition) is 2. The van der Waals surface area contributed by atoms with Crippen molar-refractivity contribution in [2.24, 2.45) is 0 Å². The SMILES string of the molecule is CCCc1[nH]n2c(=O)cc(CCc3ccccc3)nc2c1-c1ccccc1. The highest BCUT2D eigenvalue weighted by atomic mass is 16.1. The predicted octanol–water partition coefficient (Wildman–Crippen LogP) is 4.43. The van der Waals surface area contributed by atoms with E-state index in [1.54, 1.807) is 10.6 Å². The molecular formula is C23H23N3O. The van der Waals surface area contributed by atoms with Crippen LogP contribution in [0.2, 0.25) is 0 Å². The first-order valence-corrected chi connectivity index (χ1v) is 9.49. The zero-order chi connectivity index (χ0) is 18.6. The number of nitrogens with one attached hydrogen (secondary N) is 1. The van der Waals surface area contributed by atoms with Gasteiger partial charge in [0.25, 0.3) is 5.56 Å². The fourth-order valence-electron chi connectivity index (χ4n) is 3.52. The fourth-order valence-corrected chi connectivity index (χ4v) is 3.52. The van der Waals surface area contributed by atoms with Gasteiger partial charge in [0.15, 0.2) is 5.65 Å². The summed E-state index contributed by atoms with van der Waals surface area (Å²) in [4.78, 5) is 17.6. The molecule has 2 aromatic heterocycles. The summed E-state index contributed by atoms with van der Waals surface area (Å²) >= 11 is 0. The molecule has 0 saturated heterocycles. The molecular weight excluding hydrogens is 334 g/mol. The van der Waals surface area contributed by atoms with Crippen molar-refractivity contribution in [1.29, 1.82) is 0 Å². The Morgan fingerprint density at radius 3 is 2.33 bits per heavy atom. The first-order chi connectivity index (χ1) is 13.3. The van der Waals surface area contributed by atoms with Gasteiger partial charge in [0.1, 0.15) is 0 Å². The Morgan fingerprint density at radius 1 is 0.926 bits per heavy atom. The minimum absolute atomic E-state index is 0.0532. The summed E-state index contributed by atoms with van der Waals surface area (Å²) in [6.45, 7) is 2.14. The van der Waals surface area contributed by atoms with Crippen molar-refractivity contribution in [2.45, 2.75) is 32.6 Å². The van der Waals surface area contributed by atoms with Gasteiger partial charge in [-0.1, -0.05) is 74.0 Å². The lowest BCUT2D eigenvalue weighted by Gasteiger charge is -2.04. The molecule has 0 radical (unpaired) electrons. The summed E-state index contributed by atoms with van der Waals surface area (Å²) in [5, 5.41) is 3.27. The lowest BCUT2D eigenvalue weighted by molar-refractivity contribution is 0.807. The first kappa shape index (κ1) is 17.3. The lowest BCUT2D eigenvalue weighted by atomic mass is 10.0. The maximum absolute atomic E-state index is 12.7. The van der Waals surface area contributed by atoms with Gasteiger partial charge in [0.05, 0.1) is 0 Å². The quantitative estimate of drug-likeness (QED) is 0.555. The summed E-state index contributed by atoms with van der Waals surface area (Å²) in [7, 11) is 0. The zero-order valence-corrected chi connectivity index (χ0v) is 15.5. The molecule has 0 atom stereocenters. The summed E-state index contributed by atoms with van der Waals surface area (Å²) in [6.07, 6.45) is 3.50. The van der Waals surface area contributed by atoms with Gasteiger partial charge in [-0.3, -0.25) is 9.89 Å². The van der Waals surface area contributed by atoms with Crippen LogP contribution in [0.3, 0.4) is 0 Å². The summed E-state index contributed by atoms with van der Waals surface area (Å²) in [5.41, 5.74) is 5.95. The molecule has 136 valence electrons. The standard InChI is InChI=1S/C23H23N3O/c1-2-9-20-22(18-12-7-4-8-13-18)23-24-19(16-21(27)26(23)25-20)15-14-17-10-5-3-6-11-17/h3-8,10-13,16,25H,2,9,14-15H2,1H3. The Kier molecular flexibility index (Phi) is 4.88. The molecule has 4 rings (SSSR count). The van der Waals surface area contributed by atoms with E-state index in [-0.39, 0.29) is 5.56 Å². The van der Waals surface area contributed by atoms with Gasteiger partial charge in [-0.05, 0) is 30.4 Å². The molecule has 0 aliphatic carbocycles. The van der Waals surface area contributed by atoms with E-state index in [0.29, 0.717) is 0 Å². The lowest BCUT2D eigenvalue weighted by Crippen LogP contribution is -2.16.